The van der Waals surface area contributed by atoms with Gasteiger partial charge in [-0.2, -0.15) is 0 Å². The minimum absolute atomic E-state index is 0.0842. The number of aliphatic imine (C=N–C) groups is 1. The van der Waals surface area contributed by atoms with Gasteiger partial charge in [-0.15, -0.1) is 0 Å². The molecule has 1 heterocycles. The fourth-order valence-corrected chi connectivity index (χ4v) is 3.04. The number of oxazole rings is 1. The Kier molecular flexibility index (Phi) is 8.60. The van der Waals surface area contributed by atoms with Crippen molar-refractivity contribution in [2.24, 2.45) is 4.99 Å². The number of rotatable bonds is 10. The standard InChI is InChI=1S/C24H29FN4O2/c1-18(19-7-4-3-5-8-19)30-16-6-14-27-24(26-2)28-15-13-22-17-31-23(29-22)20-9-11-21(25)12-10-20/h3-5,7-12,17-18H,6,13-16H2,1-2H3,(H2,26,27,28). The van der Waals surface area contributed by atoms with Gasteiger partial charge in [0, 0.05) is 38.7 Å². The van der Waals surface area contributed by atoms with Crippen molar-refractivity contribution in [1.82, 2.24) is 15.6 Å². The zero-order valence-corrected chi connectivity index (χ0v) is 18.0. The zero-order valence-electron chi connectivity index (χ0n) is 18.0. The highest BCUT2D eigenvalue weighted by Gasteiger charge is 2.08. The van der Waals surface area contributed by atoms with Crippen molar-refractivity contribution in [2.75, 3.05) is 26.7 Å². The second-order valence-corrected chi connectivity index (χ2v) is 7.10. The van der Waals surface area contributed by atoms with Crippen LogP contribution in [0.5, 0.6) is 0 Å². The summed E-state index contributed by atoms with van der Waals surface area (Å²) in [6.45, 7) is 4.16. The number of hydrogen-bond donors (Lipinski definition) is 2. The molecular weight excluding hydrogens is 395 g/mol. The number of nitrogens with zero attached hydrogens (tertiary/aromatic N) is 2. The molecule has 0 aliphatic heterocycles. The van der Waals surface area contributed by atoms with Gasteiger partial charge in [0.25, 0.3) is 0 Å². The first kappa shape index (κ1) is 22.5. The third-order valence-corrected chi connectivity index (χ3v) is 4.79. The number of aromatic nitrogens is 1. The van der Waals surface area contributed by atoms with Crippen LogP contribution in [0.25, 0.3) is 11.5 Å². The molecule has 3 aromatic rings. The smallest absolute Gasteiger partial charge is 0.226 e. The fourth-order valence-electron chi connectivity index (χ4n) is 3.04. The Hall–Kier alpha value is -3.19. The number of benzene rings is 2. The van der Waals surface area contributed by atoms with Crippen LogP contribution in [0, 0.1) is 5.82 Å². The second kappa shape index (κ2) is 11.9. The molecule has 0 saturated heterocycles. The van der Waals surface area contributed by atoms with E-state index < -0.39 is 0 Å². The number of nitrogens with one attached hydrogen (secondary N) is 2. The molecule has 1 unspecified atom stereocenters. The molecule has 31 heavy (non-hydrogen) atoms. The van der Waals surface area contributed by atoms with Crippen LogP contribution in [0.4, 0.5) is 4.39 Å². The number of halogens is 1. The Morgan fingerprint density at radius 2 is 1.84 bits per heavy atom. The number of ether oxygens (including phenoxy) is 1. The SMILES string of the molecule is CN=C(NCCCOC(C)c1ccccc1)NCCc1coc(-c2ccc(F)cc2)n1. The van der Waals surface area contributed by atoms with Crippen LogP contribution in [0.3, 0.4) is 0 Å². The predicted molar refractivity (Wildman–Crippen MR) is 120 cm³/mol. The summed E-state index contributed by atoms with van der Waals surface area (Å²) in [6, 6.07) is 16.3. The van der Waals surface area contributed by atoms with E-state index in [0.717, 1.165) is 30.2 Å². The molecular formula is C24H29FN4O2. The lowest BCUT2D eigenvalue weighted by molar-refractivity contribution is 0.0646. The minimum atomic E-state index is -0.282. The van der Waals surface area contributed by atoms with E-state index in [4.69, 9.17) is 9.15 Å². The van der Waals surface area contributed by atoms with Gasteiger partial charge in [-0.3, -0.25) is 4.99 Å². The highest BCUT2D eigenvalue weighted by Crippen LogP contribution is 2.19. The average Bonchev–Trinajstić information content (AvgIpc) is 3.27. The van der Waals surface area contributed by atoms with Crippen molar-refractivity contribution in [3.63, 3.8) is 0 Å². The minimum Gasteiger partial charge on any atom is -0.444 e. The van der Waals surface area contributed by atoms with Gasteiger partial charge >= 0.3 is 0 Å². The van der Waals surface area contributed by atoms with Crippen LogP contribution >= 0.6 is 0 Å². The number of guanidine groups is 1. The van der Waals surface area contributed by atoms with Crippen LogP contribution in [0.2, 0.25) is 0 Å². The molecule has 0 radical (unpaired) electrons. The Labute approximate surface area is 182 Å². The van der Waals surface area contributed by atoms with E-state index in [1.54, 1.807) is 25.4 Å². The quantitative estimate of drug-likeness (QED) is 0.288. The molecule has 0 bridgehead atoms. The first-order chi connectivity index (χ1) is 15.2. The van der Waals surface area contributed by atoms with E-state index in [1.165, 1.54) is 17.7 Å². The summed E-state index contributed by atoms with van der Waals surface area (Å²) in [5, 5.41) is 6.55. The zero-order chi connectivity index (χ0) is 21.9. The van der Waals surface area contributed by atoms with Gasteiger partial charge in [0.2, 0.25) is 5.89 Å². The maximum atomic E-state index is 13.0. The summed E-state index contributed by atoms with van der Waals surface area (Å²) >= 11 is 0. The van der Waals surface area contributed by atoms with Crippen LogP contribution in [-0.2, 0) is 11.2 Å². The van der Waals surface area contributed by atoms with Crippen LogP contribution < -0.4 is 10.6 Å². The molecule has 6 nitrogen and oxygen atoms in total. The van der Waals surface area contributed by atoms with Gasteiger partial charge < -0.3 is 19.8 Å². The molecule has 0 spiro atoms. The summed E-state index contributed by atoms with van der Waals surface area (Å²) < 4.78 is 24.4. The van der Waals surface area contributed by atoms with Gasteiger partial charge in [-0.25, -0.2) is 9.37 Å². The molecule has 0 fully saturated rings. The summed E-state index contributed by atoms with van der Waals surface area (Å²) in [6.07, 6.45) is 3.27. The van der Waals surface area contributed by atoms with Crippen molar-refractivity contribution >= 4 is 5.96 Å². The molecule has 7 heteroatoms. The first-order valence-corrected chi connectivity index (χ1v) is 10.5. The molecule has 1 atom stereocenters. The molecule has 3 rings (SSSR count). The van der Waals surface area contributed by atoms with E-state index in [9.17, 15) is 4.39 Å². The monoisotopic (exact) mass is 424 g/mol. The molecule has 0 saturated carbocycles. The summed E-state index contributed by atoms with van der Waals surface area (Å²) in [4.78, 5) is 8.69. The summed E-state index contributed by atoms with van der Waals surface area (Å²) in [5.74, 6) is 0.941. The second-order valence-electron chi connectivity index (χ2n) is 7.10. The summed E-state index contributed by atoms with van der Waals surface area (Å²) in [5.41, 5.74) is 2.76. The maximum Gasteiger partial charge on any atom is 0.226 e. The van der Waals surface area contributed by atoms with Gasteiger partial charge in [0.15, 0.2) is 5.96 Å². The van der Waals surface area contributed by atoms with E-state index in [-0.39, 0.29) is 11.9 Å². The van der Waals surface area contributed by atoms with Gasteiger partial charge in [0.1, 0.15) is 12.1 Å². The maximum absolute atomic E-state index is 13.0. The van der Waals surface area contributed by atoms with Gasteiger partial charge in [-0.1, -0.05) is 30.3 Å². The Balaban J connectivity index is 1.32. The van der Waals surface area contributed by atoms with Gasteiger partial charge in [-0.05, 0) is 43.2 Å². The third kappa shape index (κ3) is 7.22. The molecule has 1 aromatic heterocycles. The van der Waals surface area contributed by atoms with Crippen molar-refractivity contribution < 1.29 is 13.5 Å². The third-order valence-electron chi connectivity index (χ3n) is 4.79. The molecule has 2 N–H and O–H groups in total. The predicted octanol–water partition coefficient (Wildman–Crippen LogP) is 4.36. The van der Waals surface area contributed by atoms with E-state index >= 15 is 0 Å². The van der Waals surface area contributed by atoms with Crippen LogP contribution in [0.15, 0.2) is 70.3 Å². The molecule has 0 aliphatic rings. The molecule has 164 valence electrons. The Morgan fingerprint density at radius 1 is 1.10 bits per heavy atom. The molecule has 0 aliphatic carbocycles. The first-order valence-electron chi connectivity index (χ1n) is 10.5. The van der Waals surface area contributed by atoms with Crippen molar-refractivity contribution in [2.45, 2.75) is 25.9 Å². The fraction of sp³-hybridized carbons (Fsp3) is 0.333. The van der Waals surface area contributed by atoms with Gasteiger partial charge in [0.05, 0.1) is 11.8 Å². The topological polar surface area (TPSA) is 71.7 Å². The Bertz CT molecular complexity index is 942. The Morgan fingerprint density at radius 3 is 2.58 bits per heavy atom. The van der Waals surface area contributed by atoms with E-state index in [1.807, 2.05) is 18.2 Å². The van der Waals surface area contributed by atoms with Crippen molar-refractivity contribution in [1.29, 1.82) is 0 Å². The highest BCUT2D eigenvalue weighted by atomic mass is 19.1. The highest BCUT2D eigenvalue weighted by molar-refractivity contribution is 5.79. The number of hydrogen-bond acceptors (Lipinski definition) is 4. The largest absolute Gasteiger partial charge is 0.444 e. The lowest BCUT2D eigenvalue weighted by Crippen LogP contribution is -2.39. The van der Waals surface area contributed by atoms with E-state index in [2.05, 4.69) is 39.7 Å². The molecule has 0 amide bonds. The van der Waals surface area contributed by atoms with Crippen molar-refractivity contribution in [3.8, 4) is 11.5 Å². The lowest BCUT2D eigenvalue weighted by atomic mass is 10.1. The summed E-state index contributed by atoms with van der Waals surface area (Å²) in [7, 11) is 1.74. The van der Waals surface area contributed by atoms with Crippen LogP contribution in [0.1, 0.15) is 30.7 Å². The van der Waals surface area contributed by atoms with E-state index in [0.29, 0.717) is 25.5 Å². The van der Waals surface area contributed by atoms with Crippen LogP contribution in [-0.4, -0.2) is 37.7 Å². The normalized spacial score (nSPS) is 12.5. The lowest BCUT2D eigenvalue weighted by Gasteiger charge is -2.14. The van der Waals surface area contributed by atoms with Crippen molar-refractivity contribution in [3.05, 3.63) is 77.9 Å². The molecule has 2 aromatic carbocycles. The average molecular weight is 425 g/mol.